The second-order valence-electron chi connectivity index (χ2n) is 9.23. The summed E-state index contributed by atoms with van der Waals surface area (Å²) in [5.41, 5.74) is 0.529. The van der Waals surface area contributed by atoms with Crippen molar-refractivity contribution < 1.29 is 18.7 Å². The van der Waals surface area contributed by atoms with Crippen LogP contribution in [-0.4, -0.2) is 36.3 Å². The molecular weight excluding hydrogens is 345 g/mol. The number of amides is 1. The Hall–Kier alpha value is -1.78. The quantitative estimate of drug-likeness (QED) is 0.714. The van der Waals surface area contributed by atoms with Crippen molar-refractivity contribution in [1.29, 1.82) is 0 Å². The molecule has 0 radical (unpaired) electrons. The van der Waals surface area contributed by atoms with Gasteiger partial charge in [0.15, 0.2) is 0 Å². The molecule has 1 amide bonds. The van der Waals surface area contributed by atoms with E-state index in [1.165, 1.54) is 32.4 Å². The second-order valence-corrected chi connectivity index (χ2v) is 9.23. The molecule has 0 bridgehead atoms. The van der Waals surface area contributed by atoms with E-state index in [0.29, 0.717) is 12.2 Å². The van der Waals surface area contributed by atoms with E-state index >= 15 is 0 Å². The van der Waals surface area contributed by atoms with Crippen LogP contribution in [0.25, 0.3) is 0 Å². The first-order chi connectivity index (χ1) is 12.7. The van der Waals surface area contributed by atoms with Crippen LogP contribution in [0.2, 0.25) is 0 Å². The van der Waals surface area contributed by atoms with Gasteiger partial charge in [-0.3, -0.25) is 0 Å². The van der Waals surface area contributed by atoms with Crippen LogP contribution in [-0.2, 0) is 11.2 Å². The minimum absolute atomic E-state index is 0.0319. The van der Waals surface area contributed by atoms with Gasteiger partial charge in [0.1, 0.15) is 17.2 Å². The molecular formula is C22H32FNO3. The molecule has 1 spiro atoms. The molecule has 1 atom stereocenters. The van der Waals surface area contributed by atoms with Gasteiger partial charge in [-0.2, -0.15) is 0 Å². The summed E-state index contributed by atoms with van der Waals surface area (Å²) in [6, 6.07) is 4.82. The van der Waals surface area contributed by atoms with E-state index in [1.807, 2.05) is 31.7 Å². The average molecular weight is 378 g/mol. The van der Waals surface area contributed by atoms with E-state index < -0.39 is 5.60 Å². The molecule has 2 aliphatic rings. The van der Waals surface area contributed by atoms with Crippen molar-refractivity contribution in [2.75, 3.05) is 13.7 Å². The summed E-state index contributed by atoms with van der Waals surface area (Å²) >= 11 is 0. The third-order valence-corrected chi connectivity index (χ3v) is 5.80. The van der Waals surface area contributed by atoms with E-state index in [2.05, 4.69) is 0 Å². The fourth-order valence-corrected chi connectivity index (χ4v) is 4.67. The summed E-state index contributed by atoms with van der Waals surface area (Å²) in [6.45, 7) is 6.43. The van der Waals surface area contributed by atoms with Crippen LogP contribution < -0.4 is 4.74 Å². The number of rotatable bonds is 3. The SMILES string of the molecule is COc1cc(F)cc(CC2CC3(CCCCC3)CN2C(=O)OC(C)(C)C)c1. The maximum atomic E-state index is 13.9. The molecule has 1 saturated carbocycles. The van der Waals surface area contributed by atoms with Crippen molar-refractivity contribution in [1.82, 2.24) is 4.90 Å². The number of carbonyl (C=O) groups is 1. The number of benzene rings is 1. The van der Waals surface area contributed by atoms with E-state index in [1.54, 1.807) is 6.07 Å². The molecule has 1 unspecified atom stereocenters. The average Bonchev–Trinajstić information content (AvgIpc) is 2.91. The van der Waals surface area contributed by atoms with Gasteiger partial charge in [0.2, 0.25) is 0 Å². The highest BCUT2D eigenvalue weighted by molar-refractivity contribution is 5.69. The molecule has 1 aromatic rings. The van der Waals surface area contributed by atoms with Crippen molar-refractivity contribution >= 4 is 6.09 Å². The monoisotopic (exact) mass is 377 g/mol. The lowest BCUT2D eigenvalue weighted by atomic mass is 9.72. The topological polar surface area (TPSA) is 38.8 Å². The first kappa shape index (κ1) is 20.0. The molecule has 2 fully saturated rings. The molecule has 150 valence electrons. The van der Waals surface area contributed by atoms with Crippen LogP contribution in [0, 0.1) is 11.2 Å². The summed E-state index contributed by atoms with van der Waals surface area (Å²) in [5.74, 6) is 0.206. The zero-order valence-corrected chi connectivity index (χ0v) is 17.0. The van der Waals surface area contributed by atoms with Crippen LogP contribution >= 0.6 is 0 Å². The van der Waals surface area contributed by atoms with Gasteiger partial charge in [-0.05, 0) is 69.6 Å². The van der Waals surface area contributed by atoms with E-state index in [4.69, 9.17) is 9.47 Å². The van der Waals surface area contributed by atoms with Gasteiger partial charge in [-0.1, -0.05) is 19.3 Å². The molecule has 1 aliphatic carbocycles. The van der Waals surface area contributed by atoms with Crippen molar-refractivity contribution in [3.63, 3.8) is 0 Å². The molecule has 1 aliphatic heterocycles. The number of ether oxygens (including phenoxy) is 2. The summed E-state index contributed by atoms with van der Waals surface area (Å²) in [5, 5.41) is 0. The number of likely N-dealkylation sites (tertiary alicyclic amines) is 1. The Labute approximate surface area is 162 Å². The molecule has 0 N–H and O–H groups in total. The zero-order valence-electron chi connectivity index (χ0n) is 17.0. The van der Waals surface area contributed by atoms with Crippen molar-refractivity contribution in [3.8, 4) is 5.75 Å². The Bertz CT molecular complexity index is 677. The lowest BCUT2D eigenvalue weighted by Gasteiger charge is -2.33. The van der Waals surface area contributed by atoms with Crippen LogP contribution in [0.4, 0.5) is 9.18 Å². The lowest BCUT2D eigenvalue weighted by Crippen LogP contribution is -2.41. The fourth-order valence-electron chi connectivity index (χ4n) is 4.67. The molecule has 1 saturated heterocycles. The van der Waals surface area contributed by atoms with Crippen LogP contribution in [0.15, 0.2) is 18.2 Å². The van der Waals surface area contributed by atoms with E-state index in [-0.39, 0.29) is 23.4 Å². The normalized spacial score (nSPS) is 22.1. The highest BCUT2D eigenvalue weighted by Crippen LogP contribution is 2.47. The number of nitrogens with zero attached hydrogens (tertiary/aromatic N) is 1. The molecule has 5 heteroatoms. The van der Waals surface area contributed by atoms with Gasteiger partial charge in [-0.25, -0.2) is 9.18 Å². The lowest BCUT2D eigenvalue weighted by molar-refractivity contribution is 0.0203. The number of carbonyl (C=O) groups excluding carboxylic acids is 1. The zero-order chi connectivity index (χ0) is 19.7. The van der Waals surface area contributed by atoms with Gasteiger partial charge >= 0.3 is 6.09 Å². The molecule has 27 heavy (non-hydrogen) atoms. The summed E-state index contributed by atoms with van der Waals surface area (Å²) in [7, 11) is 1.54. The van der Waals surface area contributed by atoms with Crippen LogP contribution in [0.1, 0.15) is 64.9 Å². The fraction of sp³-hybridized carbons (Fsp3) is 0.682. The highest BCUT2D eigenvalue weighted by Gasteiger charge is 2.47. The first-order valence-corrected chi connectivity index (χ1v) is 10.0. The first-order valence-electron chi connectivity index (χ1n) is 10.0. The summed E-state index contributed by atoms with van der Waals surface area (Å²) in [6.07, 6.45) is 7.38. The van der Waals surface area contributed by atoms with Gasteiger partial charge < -0.3 is 14.4 Å². The van der Waals surface area contributed by atoms with Gasteiger partial charge in [0.25, 0.3) is 0 Å². The number of hydrogen-bond acceptors (Lipinski definition) is 3. The molecule has 1 heterocycles. The Morgan fingerprint density at radius 2 is 1.93 bits per heavy atom. The second kappa shape index (κ2) is 7.69. The van der Waals surface area contributed by atoms with Crippen LogP contribution in [0.5, 0.6) is 5.75 Å². The minimum atomic E-state index is -0.522. The van der Waals surface area contributed by atoms with Crippen molar-refractivity contribution in [3.05, 3.63) is 29.6 Å². The van der Waals surface area contributed by atoms with Gasteiger partial charge in [-0.15, -0.1) is 0 Å². The van der Waals surface area contributed by atoms with E-state index in [0.717, 1.165) is 31.4 Å². The third kappa shape index (κ3) is 4.94. The Morgan fingerprint density at radius 1 is 1.22 bits per heavy atom. The minimum Gasteiger partial charge on any atom is -0.497 e. The van der Waals surface area contributed by atoms with Crippen molar-refractivity contribution in [2.45, 2.75) is 77.4 Å². The smallest absolute Gasteiger partial charge is 0.410 e. The standard InChI is InChI=1S/C22H32FNO3/c1-21(2,3)27-20(25)24-15-22(8-6-5-7-9-22)14-18(24)11-16-10-17(23)13-19(12-16)26-4/h10,12-13,18H,5-9,11,14-15H2,1-4H3. The van der Waals surface area contributed by atoms with Gasteiger partial charge in [0, 0.05) is 18.7 Å². The molecule has 3 rings (SSSR count). The third-order valence-electron chi connectivity index (χ3n) is 5.80. The largest absolute Gasteiger partial charge is 0.497 e. The number of halogens is 1. The molecule has 1 aromatic carbocycles. The van der Waals surface area contributed by atoms with Crippen LogP contribution in [0.3, 0.4) is 0 Å². The predicted octanol–water partition coefficient (Wildman–Crippen LogP) is 5.34. The summed E-state index contributed by atoms with van der Waals surface area (Å²) < 4.78 is 24.8. The van der Waals surface area contributed by atoms with E-state index in [9.17, 15) is 9.18 Å². The highest BCUT2D eigenvalue weighted by atomic mass is 19.1. The van der Waals surface area contributed by atoms with Gasteiger partial charge in [0.05, 0.1) is 7.11 Å². The molecule has 4 nitrogen and oxygen atoms in total. The number of methoxy groups -OCH3 is 1. The Balaban J connectivity index is 1.82. The molecule has 0 aromatic heterocycles. The predicted molar refractivity (Wildman–Crippen MR) is 104 cm³/mol. The Morgan fingerprint density at radius 3 is 2.56 bits per heavy atom. The Kier molecular flexibility index (Phi) is 5.68. The maximum absolute atomic E-state index is 13.9. The van der Waals surface area contributed by atoms with Crippen molar-refractivity contribution in [2.24, 2.45) is 5.41 Å². The summed E-state index contributed by atoms with van der Waals surface area (Å²) in [4.78, 5) is 14.8. The maximum Gasteiger partial charge on any atom is 0.410 e. The number of hydrogen-bond donors (Lipinski definition) is 0.